The maximum Gasteiger partial charge on any atom is 0.305 e. The molecule has 6 heteroatoms. The van der Waals surface area contributed by atoms with Gasteiger partial charge in [0.25, 0.3) is 5.56 Å². The van der Waals surface area contributed by atoms with Gasteiger partial charge in [-0.15, -0.1) is 0 Å². The van der Waals surface area contributed by atoms with Crippen molar-refractivity contribution in [3.8, 4) is 0 Å². The molecular formula is C10H10ClNO4. The molecule has 1 aromatic rings. The van der Waals surface area contributed by atoms with Crippen LogP contribution in [-0.4, -0.2) is 21.9 Å². The van der Waals surface area contributed by atoms with Crippen LogP contribution in [0.4, 0.5) is 0 Å². The Labute approximate surface area is 96.3 Å². The summed E-state index contributed by atoms with van der Waals surface area (Å²) in [5.41, 5.74) is -0.166. The van der Waals surface area contributed by atoms with Gasteiger partial charge in [-0.05, 0) is 13.0 Å². The lowest BCUT2D eigenvalue weighted by atomic mass is 10.2. The number of carbonyl (C=O) groups excluding carboxylic acids is 1. The fourth-order valence-electron chi connectivity index (χ4n) is 1.34. The largest absolute Gasteiger partial charge is 0.481 e. The van der Waals surface area contributed by atoms with Crippen LogP contribution in [0, 0.1) is 6.92 Å². The minimum atomic E-state index is -1.01. The van der Waals surface area contributed by atoms with Crippen molar-refractivity contribution >= 4 is 23.9 Å². The van der Waals surface area contributed by atoms with Crippen molar-refractivity contribution in [2.75, 3.05) is 0 Å². The number of carboxylic acids is 1. The van der Waals surface area contributed by atoms with Crippen molar-refractivity contribution in [1.29, 1.82) is 0 Å². The first kappa shape index (κ1) is 12.4. The first-order chi connectivity index (χ1) is 7.47. The lowest BCUT2D eigenvalue weighted by molar-refractivity contribution is -0.137. The van der Waals surface area contributed by atoms with Gasteiger partial charge >= 0.3 is 5.97 Å². The van der Waals surface area contributed by atoms with E-state index in [9.17, 15) is 14.4 Å². The number of hydrogen-bond donors (Lipinski definition) is 1. The van der Waals surface area contributed by atoms with E-state index in [1.54, 1.807) is 6.92 Å². The lowest BCUT2D eigenvalue weighted by Crippen LogP contribution is -2.26. The highest BCUT2D eigenvalue weighted by Crippen LogP contribution is 2.12. The van der Waals surface area contributed by atoms with E-state index in [1.807, 2.05) is 0 Å². The minimum Gasteiger partial charge on any atom is -0.481 e. The molecule has 1 N–H and O–H groups in total. The van der Waals surface area contributed by atoms with Crippen molar-refractivity contribution in [2.24, 2.45) is 0 Å². The SMILES string of the molecule is Cc1cc(Cl)c(C=O)c(=O)n1CCC(=O)O. The molecule has 5 nitrogen and oxygen atoms in total. The van der Waals surface area contributed by atoms with Gasteiger partial charge in [0.05, 0.1) is 17.0 Å². The topological polar surface area (TPSA) is 76.4 Å². The molecule has 0 atom stereocenters. The van der Waals surface area contributed by atoms with Crippen LogP contribution < -0.4 is 5.56 Å². The molecule has 0 spiro atoms. The van der Waals surface area contributed by atoms with E-state index in [4.69, 9.17) is 16.7 Å². The van der Waals surface area contributed by atoms with Gasteiger partial charge in [-0.3, -0.25) is 14.4 Å². The zero-order chi connectivity index (χ0) is 12.3. The molecule has 86 valence electrons. The molecule has 1 heterocycles. The summed E-state index contributed by atoms with van der Waals surface area (Å²) in [7, 11) is 0. The van der Waals surface area contributed by atoms with E-state index >= 15 is 0 Å². The van der Waals surface area contributed by atoms with E-state index in [2.05, 4.69) is 0 Å². The Hall–Kier alpha value is -1.62. The number of aldehydes is 1. The Morgan fingerprint density at radius 3 is 2.75 bits per heavy atom. The van der Waals surface area contributed by atoms with E-state index < -0.39 is 11.5 Å². The molecule has 0 aliphatic rings. The van der Waals surface area contributed by atoms with Crippen molar-refractivity contribution in [3.05, 3.63) is 32.7 Å². The first-order valence-corrected chi connectivity index (χ1v) is 4.92. The predicted octanol–water partition coefficient (Wildman–Crippen LogP) is 1.10. The highest BCUT2D eigenvalue weighted by atomic mass is 35.5. The second-order valence-corrected chi connectivity index (χ2v) is 3.67. The molecule has 0 radical (unpaired) electrons. The van der Waals surface area contributed by atoms with Crippen LogP contribution in [0.3, 0.4) is 0 Å². The van der Waals surface area contributed by atoms with Gasteiger partial charge in [-0.1, -0.05) is 11.6 Å². The Kier molecular flexibility index (Phi) is 3.84. The summed E-state index contributed by atoms with van der Waals surface area (Å²) in [6.07, 6.45) is 0.196. The highest BCUT2D eigenvalue weighted by molar-refractivity contribution is 6.32. The second kappa shape index (κ2) is 4.94. The number of rotatable bonds is 4. The van der Waals surface area contributed by atoms with Gasteiger partial charge in [0, 0.05) is 12.2 Å². The average Bonchev–Trinajstić information content (AvgIpc) is 2.16. The third kappa shape index (κ3) is 2.49. The fourth-order valence-corrected chi connectivity index (χ4v) is 1.62. The number of halogens is 1. The molecule has 0 unspecified atom stereocenters. The Balaban J connectivity index is 3.23. The first-order valence-electron chi connectivity index (χ1n) is 4.54. The fraction of sp³-hybridized carbons (Fsp3) is 0.300. The summed E-state index contributed by atoms with van der Waals surface area (Å²) < 4.78 is 1.23. The van der Waals surface area contributed by atoms with Crippen molar-refractivity contribution < 1.29 is 14.7 Å². The quantitative estimate of drug-likeness (QED) is 0.804. The van der Waals surface area contributed by atoms with Gasteiger partial charge in [-0.25, -0.2) is 0 Å². The zero-order valence-electron chi connectivity index (χ0n) is 8.57. The van der Waals surface area contributed by atoms with Gasteiger partial charge in [0.15, 0.2) is 6.29 Å². The summed E-state index contributed by atoms with van der Waals surface area (Å²) >= 11 is 5.71. The minimum absolute atomic E-state index is 0.0258. The predicted molar refractivity (Wildman–Crippen MR) is 58.1 cm³/mol. The van der Waals surface area contributed by atoms with Gasteiger partial charge in [0.2, 0.25) is 0 Å². The Bertz CT molecular complexity index is 492. The Morgan fingerprint density at radius 1 is 1.62 bits per heavy atom. The molecule has 0 aliphatic heterocycles. The van der Waals surface area contributed by atoms with Gasteiger partial charge in [-0.2, -0.15) is 0 Å². The number of aromatic nitrogens is 1. The molecule has 0 fully saturated rings. The molecule has 0 saturated carbocycles. The molecule has 0 bridgehead atoms. The summed E-state index contributed by atoms with van der Waals surface area (Å²) in [6.45, 7) is 1.65. The smallest absolute Gasteiger partial charge is 0.305 e. The standard InChI is InChI=1S/C10H10ClNO4/c1-6-4-8(11)7(5-13)10(16)12(6)3-2-9(14)15/h4-5H,2-3H2,1H3,(H,14,15). The number of hydrogen-bond acceptors (Lipinski definition) is 3. The third-order valence-corrected chi connectivity index (χ3v) is 2.47. The summed E-state index contributed by atoms with van der Waals surface area (Å²) in [4.78, 5) is 32.7. The Morgan fingerprint density at radius 2 is 2.25 bits per heavy atom. The highest BCUT2D eigenvalue weighted by Gasteiger charge is 2.11. The van der Waals surface area contributed by atoms with E-state index in [0.29, 0.717) is 12.0 Å². The van der Waals surface area contributed by atoms with Crippen LogP contribution in [0.15, 0.2) is 10.9 Å². The molecule has 16 heavy (non-hydrogen) atoms. The van der Waals surface area contributed by atoms with Crippen molar-refractivity contribution in [1.82, 2.24) is 4.57 Å². The maximum absolute atomic E-state index is 11.7. The molecule has 0 amide bonds. The maximum atomic E-state index is 11.7. The van der Waals surface area contributed by atoms with Gasteiger partial charge < -0.3 is 9.67 Å². The van der Waals surface area contributed by atoms with E-state index in [0.717, 1.165) is 0 Å². The molecule has 0 aliphatic carbocycles. The van der Waals surface area contributed by atoms with E-state index in [-0.39, 0.29) is 23.6 Å². The van der Waals surface area contributed by atoms with Crippen LogP contribution in [0.2, 0.25) is 5.02 Å². The lowest BCUT2D eigenvalue weighted by Gasteiger charge is -2.09. The molecular weight excluding hydrogens is 234 g/mol. The second-order valence-electron chi connectivity index (χ2n) is 3.27. The summed E-state index contributed by atoms with van der Waals surface area (Å²) in [6, 6.07) is 1.47. The summed E-state index contributed by atoms with van der Waals surface area (Å²) in [5, 5.41) is 8.61. The zero-order valence-corrected chi connectivity index (χ0v) is 9.32. The van der Waals surface area contributed by atoms with Crippen molar-refractivity contribution in [3.63, 3.8) is 0 Å². The number of pyridine rings is 1. The van der Waals surface area contributed by atoms with Crippen LogP contribution in [0.1, 0.15) is 22.5 Å². The van der Waals surface area contributed by atoms with Crippen molar-refractivity contribution in [2.45, 2.75) is 19.9 Å². The number of aliphatic carboxylic acids is 1. The summed E-state index contributed by atoms with van der Waals surface area (Å²) in [5.74, 6) is -1.01. The van der Waals surface area contributed by atoms with E-state index in [1.165, 1.54) is 10.6 Å². The van der Waals surface area contributed by atoms with Crippen LogP contribution in [0.25, 0.3) is 0 Å². The molecule has 1 rings (SSSR count). The van der Waals surface area contributed by atoms with Crippen LogP contribution in [0.5, 0.6) is 0 Å². The third-order valence-electron chi connectivity index (χ3n) is 2.16. The molecule has 0 aromatic carbocycles. The van der Waals surface area contributed by atoms with Gasteiger partial charge in [0.1, 0.15) is 0 Å². The monoisotopic (exact) mass is 243 g/mol. The van der Waals surface area contributed by atoms with Crippen LogP contribution >= 0.6 is 11.6 Å². The number of aryl methyl sites for hydroxylation is 1. The average molecular weight is 244 g/mol. The number of carbonyl (C=O) groups is 2. The van der Waals surface area contributed by atoms with Crippen LogP contribution in [-0.2, 0) is 11.3 Å². The number of nitrogens with zero attached hydrogens (tertiary/aromatic N) is 1. The molecule has 1 aromatic heterocycles. The molecule has 0 saturated heterocycles. The normalized spacial score (nSPS) is 10.1. The number of carboxylic acid groups (broad SMARTS) is 1.